The molecule has 20 heavy (non-hydrogen) atoms. The molecular formula is C15H15FN2OS. The summed E-state index contributed by atoms with van der Waals surface area (Å²) in [5, 5.41) is 3.36. The Hall–Kier alpha value is -1.88. The largest absolute Gasteiger partial charge is 0.390 e. The molecule has 0 atom stereocenters. The van der Waals surface area contributed by atoms with E-state index < -0.39 is 0 Å². The van der Waals surface area contributed by atoms with Crippen LogP contribution < -0.4 is 11.1 Å². The Labute approximate surface area is 120 Å². The van der Waals surface area contributed by atoms with E-state index in [4.69, 9.17) is 5.73 Å². The van der Waals surface area contributed by atoms with Crippen LogP contribution in [0.1, 0.15) is 33.6 Å². The highest BCUT2D eigenvalue weighted by molar-refractivity contribution is 7.16. The predicted octanol–water partition coefficient (Wildman–Crippen LogP) is 3.60. The van der Waals surface area contributed by atoms with Crippen LogP contribution in [0, 0.1) is 5.82 Å². The monoisotopic (exact) mass is 290 g/mol. The second-order valence-electron chi connectivity index (χ2n) is 4.91. The number of thiophene rings is 1. The lowest BCUT2D eigenvalue weighted by Crippen LogP contribution is -2.15. The number of nitrogens with one attached hydrogen (secondary N) is 1. The third kappa shape index (κ3) is 2.41. The summed E-state index contributed by atoms with van der Waals surface area (Å²) in [6.07, 6.45) is 4.18. The predicted molar refractivity (Wildman–Crippen MR) is 79.7 cm³/mol. The van der Waals surface area contributed by atoms with Gasteiger partial charge < -0.3 is 11.1 Å². The van der Waals surface area contributed by atoms with E-state index in [9.17, 15) is 9.18 Å². The van der Waals surface area contributed by atoms with E-state index >= 15 is 0 Å². The Morgan fingerprint density at radius 1 is 1.20 bits per heavy atom. The molecule has 1 aromatic heterocycles. The van der Waals surface area contributed by atoms with Crippen LogP contribution in [0.3, 0.4) is 0 Å². The maximum atomic E-state index is 12.9. The van der Waals surface area contributed by atoms with Crippen molar-refractivity contribution >= 4 is 27.9 Å². The van der Waals surface area contributed by atoms with Gasteiger partial charge in [-0.2, -0.15) is 0 Å². The van der Waals surface area contributed by atoms with Crippen LogP contribution in [0.4, 0.5) is 15.1 Å². The number of carbonyl (C=O) groups excluding carboxylic acids is 1. The van der Waals surface area contributed by atoms with Crippen LogP contribution in [0.2, 0.25) is 0 Å². The minimum atomic E-state index is -0.324. The fraction of sp³-hybridized carbons (Fsp3) is 0.267. The van der Waals surface area contributed by atoms with Gasteiger partial charge in [-0.3, -0.25) is 4.79 Å². The van der Waals surface area contributed by atoms with Crippen LogP contribution in [0.5, 0.6) is 0 Å². The number of carbonyl (C=O) groups is 1. The van der Waals surface area contributed by atoms with Gasteiger partial charge in [-0.1, -0.05) is 0 Å². The molecule has 1 aromatic carbocycles. The minimum Gasteiger partial charge on any atom is -0.390 e. The zero-order valence-corrected chi connectivity index (χ0v) is 11.7. The third-order valence-electron chi connectivity index (χ3n) is 3.53. The second kappa shape index (κ2) is 5.25. The lowest BCUT2D eigenvalue weighted by molar-refractivity contribution is 0.102. The van der Waals surface area contributed by atoms with Crippen molar-refractivity contribution in [3.63, 3.8) is 0 Å². The number of hydrogen-bond donors (Lipinski definition) is 2. The summed E-state index contributed by atoms with van der Waals surface area (Å²) < 4.78 is 12.9. The zero-order valence-electron chi connectivity index (χ0n) is 10.9. The standard InChI is InChI=1S/C15H15FN2OS/c16-9-5-7-10(8-6-9)18-15(19)13-11-3-1-2-4-12(11)20-14(13)17/h5-8H,1-4,17H2,(H,18,19). The van der Waals surface area contributed by atoms with Crippen LogP contribution in [-0.2, 0) is 12.8 Å². The molecule has 0 aliphatic heterocycles. The van der Waals surface area contributed by atoms with Crippen molar-refractivity contribution in [3.05, 3.63) is 46.1 Å². The zero-order chi connectivity index (χ0) is 14.1. The highest BCUT2D eigenvalue weighted by Gasteiger charge is 2.24. The molecular weight excluding hydrogens is 275 g/mol. The van der Waals surface area contributed by atoms with Crippen LogP contribution in [0.25, 0.3) is 0 Å². The van der Waals surface area contributed by atoms with Gasteiger partial charge in [0.25, 0.3) is 5.91 Å². The molecule has 1 aliphatic rings. The summed E-state index contributed by atoms with van der Waals surface area (Å²) in [5.41, 5.74) is 8.27. The Balaban J connectivity index is 1.87. The van der Waals surface area contributed by atoms with Crippen molar-refractivity contribution < 1.29 is 9.18 Å². The number of anilines is 2. The van der Waals surface area contributed by atoms with E-state index in [1.807, 2.05) is 0 Å². The smallest absolute Gasteiger partial charge is 0.258 e. The first kappa shape index (κ1) is 13.1. The van der Waals surface area contributed by atoms with Gasteiger partial charge in [0.2, 0.25) is 0 Å². The van der Waals surface area contributed by atoms with Crippen LogP contribution in [0.15, 0.2) is 24.3 Å². The highest BCUT2D eigenvalue weighted by Crippen LogP contribution is 2.36. The number of fused-ring (bicyclic) bond motifs is 1. The van der Waals surface area contributed by atoms with E-state index in [1.165, 1.54) is 28.3 Å². The van der Waals surface area contributed by atoms with E-state index in [0.717, 1.165) is 31.2 Å². The molecule has 0 radical (unpaired) electrons. The number of aryl methyl sites for hydroxylation is 1. The van der Waals surface area contributed by atoms with E-state index in [1.54, 1.807) is 12.1 Å². The fourth-order valence-electron chi connectivity index (χ4n) is 2.56. The average molecular weight is 290 g/mol. The summed E-state index contributed by atoms with van der Waals surface area (Å²) in [4.78, 5) is 13.6. The fourth-order valence-corrected chi connectivity index (χ4v) is 3.72. The molecule has 0 spiro atoms. The van der Waals surface area contributed by atoms with Crippen molar-refractivity contribution in [2.45, 2.75) is 25.7 Å². The molecule has 3 nitrogen and oxygen atoms in total. The Kier molecular flexibility index (Phi) is 3.44. The maximum Gasteiger partial charge on any atom is 0.258 e. The molecule has 0 fully saturated rings. The van der Waals surface area contributed by atoms with E-state index in [-0.39, 0.29) is 11.7 Å². The molecule has 1 amide bonds. The number of rotatable bonds is 2. The quantitative estimate of drug-likeness (QED) is 0.888. The van der Waals surface area contributed by atoms with Gasteiger partial charge in [0.05, 0.1) is 10.6 Å². The number of nitrogens with two attached hydrogens (primary N) is 1. The van der Waals surface area contributed by atoms with Crippen molar-refractivity contribution in [1.29, 1.82) is 0 Å². The third-order valence-corrected chi connectivity index (χ3v) is 4.65. The summed E-state index contributed by atoms with van der Waals surface area (Å²) >= 11 is 1.52. The normalized spacial score (nSPS) is 13.8. The number of halogens is 1. The molecule has 104 valence electrons. The van der Waals surface area contributed by atoms with Crippen molar-refractivity contribution in [2.24, 2.45) is 0 Å². The van der Waals surface area contributed by atoms with Gasteiger partial charge in [0.15, 0.2) is 0 Å². The second-order valence-corrected chi connectivity index (χ2v) is 6.05. The minimum absolute atomic E-state index is 0.200. The maximum absolute atomic E-state index is 12.9. The summed E-state index contributed by atoms with van der Waals surface area (Å²) in [6, 6.07) is 5.73. The highest BCUT2D eigenvalue weighted by atomic mass is 32.1. The molecule has 3 N–H and O–H groups in total. The topological polar surface area (TPSA) is 55.1 Å². The van der Waals surface area contributed by atoms with Gasteiger partial charge in [-0.25, -0.2) is 4.39 Å². The summed E-state index contributed by atoms with van der Waals surface area (Å²) in [5.74, 6) is -0.524. The van der Waals surface area contributed by atoms with Crippen LogP contribution in [-0.4, -0.2) is 5.91 Å². The number of benzene rings is 1. The SMILES string of the molecule is Nc1sc2c(c1C(=O)Nc1ccc(F)cc1)CCCC2. The Morgan fingerprint density at radius 3 is 2.65 bits per heavy atom. The average Bonchev–Trinajstić information content (AvgIpc) is 2.77. The van der Waals surface area contributed by atoms with Gasteiger partial charge in [-0.15, -0.1) is 11.3 Å². The molecule has 0 unspecified atom stereocenters. The van der Waals surface area contributed by atoms with E-state index in [2.05, 4.69) is 5.32 Å². The van der Waals surface area contributed by atoms with Crippen molar-refractivity contribution in [2.75, 3.05) is 11.1 Å². The number of hydrogen-bond acceptors (Lipinski definition) is 3. The van der Waals surface area contributed by atoms with E-state index in [0.29, 0.717) is 16.3 Å². The number of nitrogen functional groups attached to an aromatic ring is 1. The van der Waals surface area contributed by atoms with Crippen molar-refractivity contribution in [1.82, 2.24) is 0 Å². The van der Waals surface area contributed by atoms with Crippen molar-refractivity contribution in [3.8, 4) is 0 Å². The Bertz CT molecular complexity index is 649. The van der Waals surface area contributed by atoms with Crippen LogP contribution >= 0.6 is 11.3 Å². The first-order valence-corrected chi connectivity index (χ1v) is 7.44. The molecule has 1 heterocycles. The molecule has 1 aliphatic carbocycles. The summed E-state index contributed by atoms with van der Waals surface area (Å²) in [6.45, 7) is 0. The van der Waals surface area contributed by atoms with Gasteiger partial charge in [0.1, 0.15) is 5.82 Å². The molecule has 0 bridgehead atoms. The van der Waals surface area contributed by atoms with Gasteiger partial charge >= 0.3 is 0 Å². The first-order valence-electron chi connectivity index (χ1n) is 6.62. The lowest BCUT2D eigenvalue weighted by atomic mass is 9.95. The molecule has 0 saturated carbocycles. The van der Waals surface area contributed by atoms with Gasteiger partial charge in [-0.05, 0) is 55.5 Å². The lowest BCUT2D eigenvalue weighted by Gasteiger charge is -2.12. The molecule has 2 aromatic rings. The molecule has 0 saturated heterocycles. The Morgan fingerprint density at radius 2 is 1.90 bits per heavy atom. The first-order chi connectivity index (χ1) is 9.65. The molecule has 5 heteroatoms. The van der Waals surface area contributed by atoms with Gasteiger partial charge in [0, 0.05) is 10.6 Å². The number of amides is 1. The molecule has 3 rings (SSSR count). The summed E-state index contributed by atoms with van der Waals surface area (Å²) in [7, 11) is 0.